The molecular formula is C13H19N3O2S. The first-order valence-corrected chi connectivity index (χ1v) is 7.66. The molecule has 0 aliphatic carbocycles. The third-order valence-electron chi connectivity index (χ3n) is 4.08. The second-order valence-electron chi connectivity index (χ2n) is 5.34. The summed E-state index contributed by atoms with van der Waals surface area (Å²) in [6.45, 7) is 6.25. The van der Waals surface area contributed by atoms with Gasteiger partial charge in [-0.1, -0.05) is 0 Å². The average molecular weight is 281 g/mol. The number of carboxylic acids is 1. The van der Waals surface area contributed by atoms with E-state index in [2.05, 4.69) is 14.8 Å². The second kappa shape index (κ2) is 5.09. The number of likely N-dealkylation sites (tertiary alicyclic amines) is 1. The molecule has 5 nitrogen and oxygen atoms in total. The second-order valence-corrected chi connectivity index (χ2v) is 6.52. The molecule has 3 rings (SSSR count). The lowest BCUT2D eigenvalue weighted by atomic mass is 10.2. The zero-order chi connectivity index (χ0) is 13.4. The van der Waals surface area contributed by atoms with E-state index in [9.17, 15) is 4.79 Å². The standard InChI is InChI=1S/C13H19N3O2S/c1-9-11(12(17)18)14-13(19-9)16-7-4-10(8-16)15-5-2-3-6-15/h10H,2-8H2,1H3,(H,17,18). The lowest BCUT2D eigenvalue weighted by Gasteiger charge is -2.23. The van der Waals surface area contributed by atoms with Crippen LogP contribution in [-0.2, 0) is 0 Å². The van der Waals surface area contributed by atoms with Gasteiger partial charge in [0, 0.05) is 24.0 Å². The van der Waals surface area contributed by atoms with Crippen molar-refractivity contribution in [1.29, 1.82) is 0 Å². The fraction of sp³-hybridized carbons (Fsp3) is 0.692. The Morgan fingerprint density at radius 1 is 1.37 bits per heavy atom. The number of anilines is 1. The molecule has 0 radical (unpaired) electrons. The van der Waals surface area contributed by atoms with Crippen molar-refractivity contribution in [2.24, 2.45) is 0 Å². The number of nitrogens with zero attached hydrogens (tertiary/aromatic N) is 3. The van der Waals surface area contributed by atoms with Crippen LogP contribution in [0.4, 0.5) is 5.13 Å². The first-order valence-electron chi connectivity index (χ1n) is 6.85. The Morgan fingerprint density at radius 2 is 2.11 bits per heavy atom. The number of aryl methyl sites for hydroxylation is 1. The van der Waals surface area contributed by atoms with Gasteiger partial charge >= 0.3 is 5.97 Å². The summed E-state index contributed by atoms with van der Waals surface area (Å²) in [5, 5.41) is 9.94. The summed E-state index contributed by atoms with van der Waals surface area (Å²) < 4.78 is 0. The summed E-state index contributed by atoms with van der Waals surface area (Å²) in [6, 6.07) is 0.625. The maximum Gasteiger partial charge on any atom is 0.355 e. The molecule has 0 bridgehead atoms. The van der Waals surface area contributed by atoms with Crippen molar-refractivity contribution in [3.8, 4) is 0 Å². The average Bonchev–Trinajstić information content (AvgIpc) is 3.08. The van der Waals surface area contributed by atoms with Crippen LogP contribution in [0.25, 0.3) is 0 Å². The molecule has 1 N–H and O–H groups in total. The Labute approximate surface area is 116 Å². The van der Waals surface area contributed by atoms with Gasteiger partial charge in [-0.2, -0.15) is 0 Å². The molecule has 0 aromatic carbocycles. The topological polar surface area (TPSA) is 56.7 Å². The monoisotopic (exact) mass is 281 g/mol. The molecule has 1 atom stereocenters. The van der Waals surface area contributed by atoms with E-state index in [1.807, 2.05) is 6.92 Å². The molecule has 104 valence electrons. The smallest absolute Gasteiger partial charge is 0.355 e. The zero-order valence-corrected chi connectivity index (χ0v) is 11.9. The van der Waals surface area contributed by atoms with Crippen LogP contribution in [0.2, 0.25) is 0 Å². The third-order valence-corrected chi connectivity index (χ3v) is 5.11. The van der Waals surface area contributed by atoms with Crippen LogP contribution in [0.15, 0.2) is 0 Å². The van der Waals surface area contributed by atoms with Gasteiger partial charge in [-0.15, -0.1) is 11.3 Å². The molecule has 2 fully saturated rings. The highest BCUT2D eigenvalue weighted by Crippen LogP contribution is 2.30. The van der Waals surface area contributed by atoms with Crippen molar-refractivity contribution in [3.63, 3.8) is 0 Å². The Kier molecular flexibility index (Phi) is 3.45. The van der Waals surface area contributed by atoms with Gasteiger partial charge in [-0.3, -0.25) is 4.90 Å². The molecule has 2 aliphatic heterocycles. The predicted molar refractivity (Wildman–Crippen MR) is 75.2 cm³/mol. The summed E-state index contributed by atoms with van der Waals surface area (Å²) in [4.78, 5) is 20.9. The van der Waals surface area contributed by atoms with Gasteiger partial charge < -0.3 is 10.0 Å². The Bertz CT molecular complexity index is 482. The van der Waals surface area contributed by atoms with Crippen molar-refractivity contribution in [2.75, 3.05) is 31.1 Å². The lowest BCUT2D eigenvalue weighted by molar-refractivity contribution is 0.0690. The molecular weight excluding hydrogens is 262 g/mol. The molecule has 0 spiro atoms. The number of aromatic nitrogens is 1. The molecule has 6 heteroatoms. The molecule has 0 saturated carbocycles. The van der Waals surface area contributed by atoms with E-state index in [1.165, 1.54) is 43.7 Å². The van der Waals surface area contributed by atoms with Gasteiger partial charge in [0.2, 0.25) is 0 Å². The number of carboxylic acid groups (broad SMARTS) is 1. The Hall–Kier alpha value is -1.14. The van der Waals surface area contributed by atoms with E-state index in [1.54, 1.807) is 0 Å². The minimum atomic E-state index is -0.921. The van der Waals surface area contributed by atoms with E-state index in [4.69, 9.17) is 5.11 Å². The fourth-order valence-corrected chi connectivity index (χ4v) is 3.97. The van der Waals surface area contributed by atoms with Crippen molar-refractivity contribution >= 4 is 22.4 Å². The van der Waals surface area contributed by atoms with Crippen LogP contribution < -0.4 is 4.90 Å². The van der Waals surface area contributed by atoms with Crippen molar-refractivity contribution in [3.05, 3.63) is 10.6 Å². The fourth-order valence-electron chi connectivity index (χ4n) is 3.04. The van der Waals surface area contributed by atoms with Gasteiger partial charge in [0.05, 0.1) is 0 Å². The molecule has 2 aliphatic rings. The van der Waals surface area contributed by atoms with Crippen molar-refractivity contribution in [2.45, 2.75) is 32.2 Å². The summed E-state index contributed by atoms with van der Waals surface area (Å²) >= 11 is 1.50. The molecule has 1 unspecified atom stereocenters. The summed E-state index contributed by atoms with van der Waals surface area (Å²) in [7, 11) is 0. The third kappa shape index (κ3) is 2.47. The quantitative estimate of drug-likeness (QED) is 0.916. The van der Waals surface area contributed by atoms with Gasteiger partial charge in [0.15, 0.2) is 10.8 Å². The first-order chi connectivity index (χ1) is 9.15. The van der Waals surface area contributed by atoms with Crippen molar-refractivity contribution < 1.29 is 9.90 Å². The van der Waals surface area contributed by atoms with Crippen LogP contribution in [0.1, 0.15) is 34.6 Å². The number of hydrogen-bond donors (Lipinski definition) is 1. The van der Waals surface area contributed by atoms with Crippen LogP contribution in [-0.4, -0.2) is 53.2 Å². The molecule has 0 amide bonds. The Morgan fingerprint density at radius 3 is 2.74 bits per heavy atom. The maximum atomic E-state index is 11.0. The van der Waals surface area contributed by atoms with Gasteiger partial charge in [0.25, 0.3) is 0 Å². The lowest BCUT2D eigenvalue weighted by Crippen LogP contribution is -2.35. The van der Waals surface area contributed by atoms with Crippen LogP contribution in [0, 0.1) is 6.92 Å². The molecule has 1 aromatic rings. The minimum absolute atomic E-state index is 0.213. The van der Waals surface area contributed by atoms with E-state index in [-0.39, 0.29) is 5.69 Å². The number of carbonyl (C=O) groups is 1. The highest BCUT2D eigenvalue weighted by Gasteiger charge is 2.31. The summed E-state index contributed by atoms with van der Waals surface area (Å²) in [5.74, 6) is -0.921. The number of rotatable bonds is 3. The van der Waals surface area contributed by atoms with E-state index in [0.29, 0.717) is 6.04 Å². The normalized spacial score (nSPS) is 24.3. The minimum Gasteiger partial charge on any atom is -0.476 e. The SMILES string of the molecule is Cc1sc(N2CCC(N3CCCC3)C2)nc1C(=O)O. The molecule has 3 heterocycles. The summed E-state index contributed by atoms with van der Waals surface area (Å²) in [6.07, 6.45) is 3.80. The van der Waals surface area contributed by atoms with Gasteiger partial charge in [-0.05, 0) is 39.3 Å². The number of thiazole rings is 1. The molecule has 1 aromatic heterocycles. The maximum absolute atomic E-state index is 11.0. The first kappa shape index (κ1) is 12.9. The van der Waals surface area contributed by atoms with Crippen LogP contribution in [0.5, 0.6) is 0 Å². The molecule has 19 heavy (non-hydrogen) atoms. The summed E-state index contributed by atoms with van der Waals surface area (Å²) in [5.41, 5.74) is 0.213. The van der Waals surface area contributed by atoms with Gasteiger partial charge in [-0.25, -0.2) is 9.78 Å². The van der Waals surface area contributed by atoms with Crippen molar-refractivity contribution in [1.82, 2.24) is 9.88 Å². The highest BCUT2D eigenvalue weighted by atomic mass is 32.1. The van der Waals surface area contributed by atoms with E-state index >= 15 is 0 Å². The largest absolute Gasteiger partial charge is 0.476 e. The van der Waals surface area contributed by atoms with Crippen LogP contribution in [0.3, 0.4) is 0 Å². The molecule has 2 saturated heterocycles. The van der Waals surface area contributed by atoms with Crippen LogP contribution >= 0.6 is 11.3 Å². The van der Waals surface area contributed by atoms with E-state index in [0.717, 1.165) is 23.1 Å². The Balaban J connectivity index is 1.70. The predicted octanol–water partition coefficient (Wildman–Crippen LogP) is 1.82. The van der Waals surface area contributed by atoms with E-state index < -0.39 is 5.97 Å². The zero-order valence-electron chi connectivity index (χ0n) is 11.1. The highest BCUT2D eigenvalue weighted by molar-refractivity contribution is 7.15. The van der Waals surface area contributed by atoms with Gasteiger partial charge in [0.1, 0.15) is 0 Å². The number of aromatic carboxylic acids is 1. The number of hydrogen-bond acceptors (Lipinski definition) is 5.